The summed E-state index contributed by atoms with van der Waals surface area (Å²) in [7, 11) is -1.33. The molecule has 0 aromatic heterocycles. The van der Waals surface area contributed by atoms with E-state index in [9.17, 15) is 8.42 Å². The van der Waals surface area contributed by atoms with Crippen LogP contribution in [0.15, 0.2) is 24.3 Å². The van der Waals surface area contributed by atoms with Crippen molar-refractivity contribution in [1.29, 1.82) is 0 Å². The van der Waals surface area contributed by atoms with Crippen LogP contribution in [0.4, 0.5) is 0 Å². The van der Waals surface area contributed by atoms with Gasteiger partial charge in [0.1, 0.15) is 0 Å². The van der Waals surface area contributed by atoms with Gasteiger partial charge in [0, 0.05) is 12.6 Å². The van der Waals surface area contributed by atoms with Gasteiger partial charge in [0.05, 0.1) is 5.75 Å². The molecule has 2 bridgehead atoms. The van der Waals surface area contributed by atoms with Crippen molar-refractivity contribution in [2.24, 2.45) is 11.8 Å². The zero-order valence-corrected chi connectivity index (χ0v) is 13.3. The fourth-order valence-corrected chi connectivity index (χ4v) is 5.30. The van der Waals surface area contributed by atoms with Crippen molar-refractivity contribution < 1.29 is 8.42 Å². The second-order valence-corrected chi connectivity index (χ2v) is 8.26. The molecule has 0 heterocycles. The first kappa shape index (κ1) is 15.0. The quantitative estimate of drug-likeness (QED) is 0.845. The van der Waals surface area contributed by atoms with Crippen LogP contribution in [0.3, 0.4) is 0 Å². The molecule has 3 unspecified atom stereocenters. The first-order valence-corrected chi connectivity index (χ1v) is 9.43. The molecule has 1 aromatic carbocycles. The van der Waals surface area contributed by atoms with Gasteiger partial charge in [-0.1, -0.05) is 30.7 Å². The summed E-state index contributed by atoms with van der Waals surface area (Å²) in [6, 6.07) is 7.97. The Morgan fingerprint density at radius 2 is 1.81 bits per heavy atom. The molecule has 3 rings (SSSR count). The molecule has 116 valence electrons. The minimum absolute atomic E-state index is 0.0840. The highest BCUT2D eigenvalue weighted by Crippen LogP contribution is 2.44. The van der Waals surface area contributed by atoms with Crippen molar-refractivity contribution in [2.75, 3.05) is 7.05 Å². The third-order valence-electron chi connectivity index (χ3n) is 4.83. The average Bonchev–Trinajstić information content (AvgIpc) is 3.02. The molecule has 0 spiro atoms. The molecule has 0 amide bonds. The normalized spacial score (nSPS) is 28.1. The predicted molar refractivity (Wildman–Crippen MR) is 84.2 cm³/mol. The monoisotopic (exact) mass is 308 g/mol. The van der Waals surface area contributed by atoms with E-state index in [0.29, 0.717) is 5.92 Å². The van der Waals surface area contributed by atoms with Crippen molar-refractivity contribution in [3.63, 3.8) is 0 Å². The third-order valence-corrected chi connectivity index (χ3v) is 6.20. The highest BCUT2D eigenvalue weighted by molar-refractivity contribution is 7.88. The maximum Gasteiger partial charge on any atom is 0.216 e. The first-order valence-electron chi connectivity index (χ1n) is 7.78. The van der Waals surface area contributed by atoms with E-state index in [0.717, 1.165) is 24.4 Å². The van der Waals surface area contributed by atoms with Gasteiger partial charge in [-0.2, -0.15) is 0 Å². The summed E-state index contributed by atoms with van der Waals surface area (Å²) >= 11 is 0. The smallest absolute Gasteiger partial charge is 0.216 e. The largest absolute Gasteiger partial charge is 0.316 e. The molecule has 5 heteroatoms. The lowest BCUT2D eigenvalue weighted by Gasteiger charge is -2.22. The SMILES string of the molecule is CNCc1ccc(CS(=O)(=O)NC2CC3CCC2C3)cc1. The van der Waals surface area contributed by atoms with Gasteiger partial charge < -0.3 is 5.32 Å². The number of hydrogen-bond acceptors (Lipinski definition) is 3. The van der Waals surface area contributed by atoms with E-state index in [2.05, 4.69) is 10.0 Å². The van der Waals surface area contributed by atoms with E-state index >= 15 is 0 Å². The fraction of sp³-hybridized carbons (Fsp3) is 0.625. The summed E-state index contributed by atoms with van der Waals surface area (Å²) in [5.74, 6) is 1.41. The number of rotatable bonds is 6. The minimum atomic E-state index is -3.23. The number of hydrogen-bond donors (Lipinski definition) is 2. The van der Waals surface area contributed by atoms with E-state index in [4.69, 9.17) is 0 Å². The van der Waals surface area contributed by atoms with Crippen molar-refractivity contribution in [3.8, 4) is 0 Å². The summed E-state index contributed by atoms with van der Waals surface area (Å²) in [5.41, 5.74) is 2.02. The van der Waals surface area contributed by atoms with Gasteiger partial charge in [0.25, 0.3) is 0 Å². The van der Waals surface area contributed by atoms with Crippen LogP contribution in [-0.4, -0.2) is 21.5 Å². The maximum atomic E-state index is 12.3. The molecule has 2 N–H and O–H groups in total. The molecule has 2 saturated carbocycles. The molecule has 3 atom stereocenters. The van der Waals surface area contributed by atoms with Crippen LogP contribution in [0.2, 0.25) is 0 Å². The summed E-state index contributed by atoms with van der Waals surface area (Å²) < 4.78 is 27.6. The molecule has 1 aromatic rings. The Morgan fingerprint density at radius 3 is 2.38 bits per heavy atom. The highest BCUT2D eigenvalue weighted by Gasteiger charge is 2.40. The van der Waals surface area contributed by atoms with Crippen LogP contribution in [0.1, 0.15) is 36.8 Å². The Kier molecular flexibility index (Phi) is 4.33. The zero-order valence-electron chi connectivity index (χ0n) is 12.5. The van der Waals surface area contributed by atoms with E-state index in [1.165, 1.54) is 24.8 Å². The van der Waals surface area contributed by atoms with E-state index in [1.807, 2.05) is 31.3 Å². The Bertz CT molecular complexity index is 583. The summed E-state index contributed by atoms with van der Waals surface area (Å²) in [6.07, 6.45) is 4.73. The van der Waals surface area contributed by atoms with E-state index in [1.54, 1.807) is 0 Å². The van der Waals surface area contributed by atoms with Crippen LogP contribution in [0, 0.1) is 11.8 Å². The molecular weight excluding hydrogens is 284 g/mol. The van der Waals surface area contributed by atoms with Crippen molar-refractivity contribution >= 4 is 10.0 Å². The molecule has 4 nitrogen and oxygen atoms in total. The molecule has 21 heavy (non-hydrogen) atoms. The van der Waals surface area contributed by atoms with Crippen LogP contribution >= 0.6 is 0 Å². The van der Waals surface area contributed by atoms with Crippen LogP contribution in [0.5, 0.6) is 0 Å². The lowest BCUT2D eigenvalue weighted by atomic mass is 9.96. The standard InChI is InChI=1S/C16H24N2O2S/c1-17-10-12-2-4-13(5-3-12)11-21(19,20)18-16-9-14-6-7-15(16)8-14/h2-5,14-18H,6-11H2,1H3. The molecule has 0 radical (unpaired) electrons. The Morgan fingerprint density at radius 1 is 1.10 bits per heavy atom. The fourth-order valence-electron chi connectivity index (χ4n) is 3.84. The summed E-state index contributed by atoms with van der Waals surface area (Å²) in [4.78, 5) is 0. The molecule has 0 saturated heterocycles. The number of benzene rings is 1. The second kappa shape index (κ2) is 6.07. The van der Waals surface area contributed by atoms with E-state index in [-0.39, 0.29) is 11.8 Å². The average molecular weight is 308 g/mol. The van der Waals surface area contributed by atoms with Crippen LogP contribution in [-0.2, 0) is 22.3 Å². The maximum absolute atomic E-state index is 12.3. The number of sulfonamides is 1. The second-order valence-electron chi connectivity index (χ2n) is 6.51. The molecule has 2 aliphatic rings. The Labute approximate surface area is 127 Å². The van der Waals surface area contributed by atoms with Gasteiger partial charge in [-0.15, -0.1) is 0 Å². The van der Waals surface area contributed by atoms with Crippen molar-refractivity contribution in [1.82, 2.24) is 10.0 Å². The predicted octanol–water partition coefficient (Wildman–Crippen LogP) is 2.01. The summed E-state index contributed by atoms with van der Waals surface area (Å²) in [6.45, 7) is 0.802. The Balaban J connectivity index is 1.60. The first-order chi connectivity index (χ1) is 10.1. The van der Waals surface area contributed by atoms with Crippen molar-refractivity contribution in [3.05, 3.63) is 35.4 Å². The van der Waals surface area contributed by atoms with Gasteiger partial charge >= 0.3 is 0 Å². The highest BCUT2D eigenvalue weighted by atomic mass is 32.2. The van der Waals surface area contributed by atoms with Gasteiger partial charge in [-0.3, -0.25) is 0 Å². The molecule has 0 aliphatic heterocycles. The molecule has 2 aliphatic carbocycles. The summed E-state index contributed by atoms with van der Waals surface area (Å²) in [5, 5.41) is 3.08. The van der Waals surface area contributed by atoms with Gasteiger partial charge in [-0.25, -0.2) is 13.1 Å². The third kappa shape index (κ3) is 3.65. The van der Waals surface area contributed by atoms with Crippen LogP contribution in [0.25, 0.3) is 0 Å². The van der Waals surface area contributed by atoms with Crippen LogP contribution < -0.4 is 10.0 Å². The van der Waals surface area contributed by atoms with Crippen molar-refractivity contribution in [2.45, 2.75) is 44.0 Å². The number of nitrogens with one attached hydrogen (secondary N) is 2. The Hall–Kier alpha value is -0.910. The minimum Gasteiger partial charge on any atom is -0.316 e. The lowest BCUT2D eigenvalue weighted by Crippen LogP contribution is -2.39. The van der Waals surface area contributed by atoms with Gasteiger partial charge in [0.15, 0.2) is 0 Å². The van der Waals surface area contributed by atoms with Gasteiger partial charge in [0.2, 0.25) is 10.0 Å². The van der Waals surface area contributed by atoms with Gasteiger partial charge in [-0.05, 0) is 49.3 Å². The molecule has 2 fully saturated rings. The lowest BCUT2D eigenvalue weighted by molar-refractivity contribution is 0.390. The zero-order chi connectivity index (χ0) is 14.9. The molecular formula is C16H24N2O2S. The van der Waals surface area contributed by atoms with E-state index < -0.39 is 10.0 Å². The topological polar surface area (TPSA) is 58.2 Å². The number of fused-ring (bicyclic) bond motifs is 2.